The van der Waals surface area contributed by atoms with Crippen LogP contribution in [0.25, 0.3) is 168 Å². The van der Waals surface area contributed by atoms with Gasteiger partial charge < -0.3 is 9.13 Å². The van der Waals surface area contributed by atoms with Gasteiger partial charge in [0.15, 0.2) is 34.9 Å². The smallest absolute Gasteiger partial charge is 0.308 e. The van der Waals surface area contributed by atoms with E-state index in [9.17, 15) is 39.5 Å². The Morgan fingerprint density at radius 3 is 0.772 bits per heavy atom. The van der Waals surface area contributed by atoms with E-state index in [0.29, 0.717) is 95.8 Å². The summed E-state index contributed by atoms with van der Waals surface area (Å²) in [5.41, 5.74) is 16.2. The van der Waals surface area contributed by atoms with E-state index in [1.54, 1.807) is 12.1 Å². The van der Waals surface area contributed by atoms with Crippen LogP contribution in [0.1, 0.15) is 38.9 Å². The van der Waals surface area contributed by atoms with Crippen LogP contribution in [0.5, 0.6) is 0 Å². The zero-order valence-electron chi connectivity index (χ0n) is 61.6. The van der Waals surface area contributed by atoms with Crippen molar-refractivity contribution in [3.8, 4) is 124 Å². The van der Waals surface area contributed by atoms with E-state index in [-0.39, 0.29) is 0 Å². The first kappa shape index (κ1) is 72.9. The number of rotatable bonds is 12. The van der Waals surface area contributed by atoms with E-state index in [4.69, 9.17) is 29.9 Å². The lowest BCUT2D eigenvalue weighted by Gasteiger charge is -2.21. The first-order chi connectivity index (χ1) is 55.0. The van der Waals surface area contributed by atoms with Crippen LogP contribution in [0.2, 0.25) is 0 Å². The molecule has 0 atom stereocenters. The second kappa shape index (κ2) is 29.4. The van der Waals surface area contributed by atoms with Crippen molar-refractivity contribution in [2.24, 2.45) is 0 Å². The van der Waals surface area contributed by atoms with Crippen molar-refractivity contribution in [2.75, 3.05) is 0 Å². The van der Waals surface area contributed by atoms with Gasteiger partial charge in [-0.15, -0.1) is 0 Å². The van der Waals surface area contributed by atoms with Crippen molar-refractivity contribution in [2.45, 2.75) is 46.2 Å². The monoisotopic (exact) mass is 1510 g/mol. The molecule has 0 fully saturated rings. The molecule has 17 heteroatoms. The van der Waals surface area contributed by atoms with Crippen LogP contribution in [-0.2, 0) is 18.5 Å². The summed E-state index contributed by atoms with van der Waals surface area (Å²) >= 11 is 0. The highest BCUT2D eigenvalue weighted by Gasteiger charge is 2.35. The lowest BCUT2D eigenvalue weighted by atomic mass is 9.91. The molecule has 0 radical (unpaired) electrons. The maximum atomic E-state index is 14.2. The number of aromatic nitrogens is 8. The van der Waals surface area contributed by atoms with Gasteiger partial charge in [-0.2, -0.15) is 39.5 Å². The van der Waals surface area contributed by atoms with Crippen molar-refractivity contribution >= 4 is 43.6 Å². The van der Waals surface area contributed by atoms with Crippen LogP contribution in [0.3, 0.4) is 0 Å². The van der Waals surface area contributed by atoms with Crippen LogP contribution in [0, 0.1) is 27.7 Å². The van der Waals surface area contributed by atoms with Gasteiger partial charge in [0, 0.05) is 77.2 Å². The van der Waals surface area contributed by atoms with Gasteiger partial charge >= 0.3 is 18.5 Å². The molecule has 14 aromatic carbocycles. The number of hydrogen-bond donors (Lipinski definition) is 0. The summed E-state index contributed by atoms with van der Waals surface area (Å²) in [5, 5.41) is 3.15. The Labute approximate surface area is 649 Å². The van der Waals surface area contributed by atoms with Crippen molar-refractivity contribution in [1.82, 2.24) is 39.0 Å². The summed E-state index contributed by atoms with van der Waals surface area (Å²) in [6, 6.07) is 96.8. The normalized spacial score (nSPS) is 11.9. The fourth-order valence-corrected chi connectivity index (χ4v) is 14.8. The molecule has 4 aromatic heterocycles. The molecule has 0 aliphatic carbocycles. The van der Waals surface area contributed by atoms with Gasteiger partial charge in [0.05, 0.1) is 50.1 Å². The molecule has 0 bridgehead atoms. The minimum atomic E-state index is -4.59. The zero-order chi connectivity index (χ0) is 78.7. The first-order valence-corrected chi connectivity index (χ1v) is 36.8. The molecular weight excluding hydrogens is 1450 g/mol. The summed E-state index contributed by atoms with van der Waals surface area (Å²) in [6.07, 6.45) is -13.6. The SMILES string of the molecule is Cc1ccc(-c2cc(-c3nc(-c4ccccc4)nc(-c4ccccc4)n3)cc(-c3ccc(C(F)(F)F)cc3)c2-n2c3ccc(C)cc3c3cc(C(F)(F)F)ccc32)cc1.Cc1ccc(-c2cc(-c3nc(-c4ccccc4)nc(-c4ccccc4)n3)cc(-c3ccc(C(F)(F)F)cc3)c2-n2c3ccccc3c3cc(C)ccc32)cc1. The number of aryl methyl sites for hydroxylation is 4. The Morgan fingerprint density at radius 2 is 0.447 bits per heavy atom. The van der Waals surface area contributed by atoms with Gasteiger partial charge in [0.1, 0.15) is 0 Å². The fourth-order valence-electron chi connectivity index (χ4n) is 14.8. The zero-order valence-corrected chi connectivity index (χ0v) is 61.6. The predicted molar refractivity (Wildman–Crippen MR) is 437 cm³/mol. The Kier molecular flexibility index (Phi) is 18.8. The van der Waals surface area contributed by atoms with E-state index in [0.717, 1.165) is 131 Å². The highest BCUT2D eigenvalue weighted by molar-refractivity contribution is 6.13. The number of nitrogens with zero attached hydrogens (tertiary/aromatic N) is 8. The largest absolute Gasteiger partial charge is 0.416 e. The van der Waals surface area contributed by atoms with Crippen LogP contribution in [0.15, 0.2) is 322 Å². The van der Waals surface area contributed by atoms with Crippen LogP contribution >= 0.6 is 0 Å². The highest BCUT2D eigenvalue weighted by Crippen LogP contribution is 2.49. The molecule has 0 spiro atoms. The maximum absolute atomic E-state index is 14.2. The van der Waals surface area contributed by atoms with Gasteiger partial charge in [-0.05, 0) is 147 Å². The topological polar surface area (TPSA) is 87.2 Å². The third kappa shape index (κ3) is 14.3. The Hall–Kier alpha value is -13.9. The van der Waals surface area contributed by atoms with Gasteiger partial charge in [-0.3, -0.25) is 0 Å². The summed E-state index contributed by atoms with van der Waals surface area (Å²) in [5.74, 6) is 2.63. The molecule has 0 amide bonds. The van der Waals surface area contributed by atoms with Gasteiger partial charge in [-0.25, -0.2) is 29.9 Å². The van der Waals surface area contributed by atoms with Crippen LogP contribution in [0.4, 0.5) is 39.5 Å². The van der Waals surface area contributed by atoms with Crippen molar-refractivity contribution in [3.05, 3.63) is 360 Å². The molecule has 556 valence electrons. The number of benzene rings is 14. The van der Waals surface area contributed by atoms with Gasteiger partial charge in [0.2, 0.25) is 0 Å². The molecule has 0 aliphatic rings. The average molecular weight is 1510 g/mol. The number of halogens is 9. The van der Waals surface area contributed by atoms with E-state index in [1.807, 2.05) is 219 Å². The van der Waals surface area contributed by atoms with E-state index in [1.165, 1.54) is 18.2 Å². The summed E-state index contributed by atoms with van der Waals surface area (Å²) in [4.78, 5) is 29.8. The molecule has 0 saturated carbocycles. The van der Waals surface area contributed by atoms with Gasteiger partial charge in [-0.1, -0.05) is 247 Å². The Balaban J connectivity index is 0.000000165. The van der Waals surface area contributed by atoms with Crippen molar-refractivity contribution < 1.29 is 39.5 Å². The molecule has 18 rings (SSSR count). The summed E-state index contributed by atoms with van der Waals surface area (Å²) < 4.78 is 131. The van der Waals surface area contributed by atoms with Crippen LogP contribution < -0.4 is 0 Å². The molecule has 4 heterocycles. The quantitative estimate of drug-likeness (QED) is 0.113. The number of fused-ring (bicyclic) bond motifs is 6. The Bertz CT molecular complexity index is 6550. The molecule has 0 N–H and O–H groups in total. The predicted octanol–water partition coefficient (Wildman–Crippen LogP) is 26.9. The third-order valence-corrected chi connectivity index (χ3v) is 20.4. The lowest BCUT2D eigenvalue weighted by Crippen LogP contribution is -2.06. The lowest BCUT2D eigenvalue weighted by molar-refractivity contribution is -0.138. The number of hydrogen-bond acceptors (Lipinski definition) is 6. The number of alkyl halides is 9. The average Bonchev–Trinajstić information content (AvgIpc) is 1.52. The molecule has 18 aromatic rings. The molecular formula is C97H65F9N8. The van der Waals surface area contributed by atoms with Crippen LogP contribution in [-0.4, -0.2) is 39.0 Å². The molecule has 0 unspecified atom stereocenters. The fraction of sp³-hybridized carbons (Fsp3) is 0.0722. The Morgan fingerprint density at radius 1 is 0.202 bits per heavy atom. The van der Waals surface area contributed by atoms with Gasteiger partial charge in [0.25, 0.3) is 0 Å². The molecule has 0 aliphatic heterocycles. The van der Waals surface area contributed by atoms with Crippen molar-refractivity contribution in [3.63, 3.8) is 0 Å². The summed E-state index contributed by atoms with van der Waals surface area (Å²) in [6.45, 7) is 7.96. The molecule has 114 heavy (non-hydrogen) atoms. The maximum Gasteiger partial charge on any atom is 0.416 e. The number of para-hydroxylation sites is 1. The third-order valence-electron chi connectivity index (χ3n) is 20.4. The van der Waals surface area contributed by atoms with E-state index < -0.39 is 35.2 Å². The van der Waals surface area contributed by atoms with E-state index >= 15 is 0 Å². The standard InChI is InChI=1S/C49H32F6N4.C48H33F3N4/c1-29-13-16-31(17-14-29)38-26-35(47-57-45(33-9-5-3-6-10-33)56-46(58-47)34-11-7-4-8-12-34)27-39(32-18-20-36(21-19-32)48(50,51)52)44(38)59-42-23-15-30(2)25-40(42)41-28-37(49(53,54)55)22-24-43(41)59;1-30-17-20-32(21-18-30)39-28-36(47-53-45(34-11-5-3-6-12-34)52-46(54-47)35-13-7-4-8-14-35)29-40(33-22-24-37(25-23-33)48(49,50)51)44(39)55-42-16-10-9-15-38(42)41-27-31(2)19-26-43(41)55/h3-28H,1-2H3;3-29H,1-2H3. The highest BCUT2D eigenvalue weighted by atomic mass is 19.4. The minimum absolute atomic E-state index is 0.318. The minimum Gasteiger partial charge on any atom is -0.308 e. The second-order valence-electron chi connectivity index (χ2n) is 28.3. The molecule has 0 saturated heterocycles. The molecule has 8 nitrogen and oxygen atoms in total. The second-order valence-corrected chi connectivity index (χ2v) is 28.3. The van der Waals surface area contributed by atoms with Crippen molar-refractivity contribution in [1.29, 1.82) is 0 Å². The van der Waals surface area contributed by atoms with E-state index in [2.05, 4.69) is 72.2 Å². The first-order valence-electron chi connectivity index (χ1n) is 36.8. The summed E-state index contributed by atoms with van der Waals surface area (Å²) in [7, 11) is 0.